The highest BCUT2D eigenvalue weighted by Crippen LogP contribution is 2.41. The molecule has 1 atom stereocenters. The molecule has 1 aliphatic carbocycles. The van der Waals surface area contributed by atoms with Gasteiger partial charge in [0, 0.05) is 46.7 Å². The molecule has 2 heterocycles. The molecule has 3 aromatic rings. The smallest absolute Gasteiger partial charge is 0.279 e. The van der Waals surface area contributed by atoms with Crippen LogP contribution in [0, 0.1) is 12.8 Å². The zero-order valence-corrected chi connectivity index (χ0v) is 21.7. The third-order valence-corrected chi connectivity index (χ3v) is 7.94. The van der Waals surface area contributed by atoms with Crippen molar-refractivity contribution in [2.75, 3.05) is 13.4 Å². The minimum atomic E-state index is -2.98. The predicted molar refractivity (Wildman–Crippen MR) is 139 cm³/mol. The number of methoxy groups -OCH3 is 1. The first-order valence-electron chi connectivity index (χ1n) is 13.0. The third kappa shape index (κ3) is 5.09. The summed E-state index contributed by atoms with van der Waals surface area (Å²) in [6.45, 7) is 0.961. The lowest BCUT2D eigenvalue weighted by Crippen LogP contribution is -2.29. The van der Waals surface area contributed by atoms with Crippen molar-refractivity contribution in [3.8, 4) is 0 Å². The number of pyridine rings is 1. The van der Waals surface area contributed by atoms with Crippen LogP contribution in [0.25, 0.3) is 10.9 Å². The Kier molecular flexibility index (Phi) is 7.36. The Bertz CT molecular complexity index is 1380. The van der Waals surface area contributed by atoms with Crippen LogP contribution in [0.1, 0.15) is 75.1 Å². The lowest BCUT2D eigenvalue weighted by molar-refractivity contribution is 0.0478. The number of alkyl halides is 2. The first-order valence-corrected chi connectivity index (χ1v) is 13.3. The molecular weight excluding hydrogens is 484 g/mol. The number of carbonyl (C=O) groups excluding carboxylic acids is 1. The van der Waals surface area contributed by atoms with Gasteiger partial charge in [0.2, 0.25) is 0 Å². The third-order valence-electron chi connectivity index (χ3n) is 7.18. The van der Waals surface area contributed by atoms with E-state index in [4.69, 9.17) is 7.48 Å². The summed E-state index contributed by atoms with van der Waals surface area (Å²) in [6, 6.07) is 8.01. The van der Waals surface area contributed by atoms with Gasteiger partial charge in [-0.15, -0.1) is 11.8 Å². The first-order chi connectivity index (χ1) is 18.0. The summed E-state index contributed by atoms with van der Waals surface area (Å²) in [7, 11) is 1.68. The van der Waals surface area contributed by atoms with Crippen LogP contribution in [-0.2, 0) is 11.2 Å². The zero-order chi connectivity index (χ0) is 27.8. The monoisotopic (exact) mass is 519 g/mol. The molecule has 0 aliphatic heterocycles. The number of para-hydroxylation sites is 1. The highest BCUT2D eigenvalue weighted by atomic mass is 32.2. The molecule has 1 saturated carbocycles. The van der Waals surface area contributed by atoms with E-state index in [1.54, 1.807) is 55.2 Å². The molecule has 2 N–H and O–H groups in total. The van der Waals surface area contributed by atoms with Gasteiger partial charge in [-0.05, 0) is 63.8 Å². The quantitative estimate of drug-likeness (QED) is 0.358. The fraction of sp³-hybridized carbons (Fsp3) is 0.481. The minimum Gasteiger partial charge on any atom is -0.381 e. The first kappa shape index (κ1) is 23.7. The number of carbonyl (C=O) groups is 1. The summed E-state index contributed by atoms with van der Waals surface area (Å²) in [5.41, 5.74) is -0.629. The van der Waals surface area contributed by atoms with E-state index in [1.807, 2.05) is 6.92 Å². The standard InChI is InChI=1S/C27H33F2N3O3S/c1-15-13-22(36-4)20(26(33)31-15)14-30-27(34)23-19-7-5-6-8-21(19)32(24(23)25(28)29)16(2)17-9-11-18(35-3)12-10-17/h5-8,13,16-18,25H,9-12,14H2,1-4H3,(H,30,34)(H,31,33)/i14D2. The van der Waals surface area contributed by atoms with Gasteiger partial charge in [-0.3, -0.25) is 9.59 Å². The van der Waals surface area contributed by atoms with E-state index in [2.05, 4.69) is 10.3 Å². The molecule has 0 bridgehead atoms. The Balaban J connectivity index is 1.79. The predicted octanol–water partition coefficient (Wildman–Crippen LogP) is 5.99. The van der Waals surface area contributed by atoms with E-state index in [-0.39, 0.29) is 29.2 Å². The molecule has 4 rings (SSSR count). The van der Waals surface area contributed by atoms with Crippen LogP contribution in [0.5, 0.6) is 0 Å². The summed E-state index contributed by atoms with van der Waals surface area (Å²) in [5.74, 6) is -0.880. The molecule has 6 nitrogen and oxygen atoms in total. The average molecular weight is 520 g/mol. The number of nitrogens with one attached hydrogen (secondary N) is 2. The number of H-pyrrole nitrogens is 1. The maximum Gasteiger partial charge on any atom is 0.279 e. The van der Waals surface area contributed by atoms with Gasteiger partial charge >= 0.3 is 0 Å². The molecule has 0 spiro atoms. The van der Waals surface area contributed by atoms with Gasteiger partial charge in [-0.1, -0.05) is 18.2 Å². The van der Waals surface area contributed by atoms with Crippen molar-refractivity contribution in [1.29, 1.82) is 0 Å². The normalized spacial score (nSPS) is 20.3. The Morgan fingerprint density at radius 1 is 1.31 bits per heavy atom. The van der Waals surface area contributed by atoms with Crippen molar-refractivity contribution in [3.63, 3.8) is 0 Å². The van der Waals surface area contributed by atoms with Gasteiger partial charge in [0.1, 0.15) is 0 Å². The summed E-state index contributed by atoms with van der Waals surface area (Å²) in [6.07, 6.45) is 2.18. The molecular formula is C27H33F2N3O3S. The second-order valence-electron chi connectivity index (χ2n) is 9.27. The summed E-state index contributed by atoms with van der Waals surface area (Å²) in [4.78, 5) is 29.2. The van der Waals surface area contributed by atoms with Crippen LogP contribution in [0.2, 0.25) is 0 Å². The number of aryl methyl sites for hydroxylation is 1. The lowest BCUT2D eigenvalue weighted by atomic mass is 9.83. The molecule has 36 heavy (non-hydrogen) atoms. The number of aromatic amines is 1. The number of ether oxygens (including phenoxy) is 1. The second-order valence-corrected chi connectivity index (χ2v) is 10.1. The highest BCUT2D eigenvalue weighted by molar-refractivity contribution is 7.98. The molecule has 1 aromatic carbocycles. The number of halogens is 2. The number of hydrogen-bond donors (Lipinski definition) is 2. The molecule has 1 unspecified atom stereocenters. The van der Waals surface area contributed by atoms with E-state index in [0.717, 1.165) is 25.7 Å². The number of thioether (sulfide) groups is 1. The minimum absolute atomic E-state index is 0.118. The lowest BCUT2D eigenvalue weighted by Gasteiger charge is -2.33. The fourth-order valence-corrected chi connectivity index (χ4v) is 5.95. The summed E-state index contributed by atoms with van der Waals surface area (Å²) < 4.78 is 53.6. The Morgan fingerprint density at radius 3 is 2.64 bits per heavy atom. The van der Waals surface area contributed by atoms with Gasteiger partial charge in [0.25, 0.3) is 17.9 Å². The SMILES string of the molecule is [2H]C([2H])(NC(=O)c1c(C(F)F)n(C(C)C2CCC(OC)CC2)c2ccccc12)c1c(SC)cc(C)[nH]c1=O. The molecule has 1 aliphatic rings. The van der Waals surface area contributed by atoms with Crippen molar-refractivity contribution >= 4 is 28.6 Å². The second kappa shape index (κ2) is 11.2. The molecule has 2 aromatic heterocycles. The number of nitrogens with zero attached hydrogens (tertiary/aromatic N) is 1. The molecule has 194 valence electrons. The van der Waals surface area contributed by atoms with Crippen LogP contribution in [0.3, 0.4) is 0 Å². The number of benzene rings is 1. The van der Waals surface area contributed by atoms with E-state index >= 15 is 0 Å². The number of fused-ring (bicyclic) bond motifs is 1. The highest BCUT2D eigenvalue weighted by Gasteiger charge is 2.34. The Morgan fingerprint density at radius 2 is 2.00 bits per heavy atom. The van der Waals surface area contributed by atoms with Gasteiger partial charge in [0.05, 0.1) is 20.1 Å². The van der Waals surface area contributed by atoms with Gasteiger partial charge < -0.3 is 19.6 Å². The summed E-state index contributed by atoms with van der Waals surface area (Å²) in [5, 5.41) is 2.57. The number of amides is 1. The van der Waals surface area contributed by atoms with Crippen LogP contribution in [-0.4, -0.2) is 34.9 Å². The van der Waals surface area contributed by atoms with E-state index in [9.17, 15) is 18.4 Å². The van der Waals surface area contributed by atoms with Gasteiger partial charge in [-0.2, -0.15) is 0 Å². The zero-order valence-electron chi connectivity index (χ0n) is 22.9. The number of hydrogen-bond acceptors (Lipinski definition) is 4. The van der Waals surface area contributed by atoms with Crippen LogP contribution < -0.4 is 10.9 Å². The number of aromatic nitrogens is 2. The molecule has 0 radical (unpaired) electrons. The molecule has 0 saturated heterocycles. The molecule has 1 amide bonds. The molecule has 1 fully saturated rings. The maximum atomic E-state index is 14.7. The maximum absolute atomic E-state index is 14.7. The summed E-state index contributed by atoms with van der Waals surface area (Å²) >= 11 is 1.17. The van der Waals surface area contributed by atoms with E-state index in [1.165, 1.54) is 11.8 Å². The number of rotatable bonds is 8. The topological polar surface area (TPSA) is 76.1 Å². The van der Waals surface area contributed by atoms with Crippen molar-refractivity contribution in [2.45, 2.75) is 69.5 Å². The van der Waals surface area contributed by atoms with Gasteiger partial charge in [0.15, 0.2) is 0 Å². The molecule has 9 heteroatoms. The fourth-order valence-electron chi connectivity index (χ4n) is 5.31. The van der Waals surface area contributed by atoms with Gasteiger partial charge in [-0.25, -0.2) is 8.78 Å². The Hall–Kier alpha value is -2.65. The van der Waals surface area contributed by atoms with Crippen molar-refractivity contribution < 1.29 is 21.1 Å². The average Bonchev–Trinajstić information content (AvgIpc) is 3.23. The van der Waals surface area contributed by atoms with Crippen LogP contribution in [0.15, 0.2) is 40.0 Å². The van der Waals surface area contributed by atoms with Crippen molar-refractivity contribution in [1.82, 2.24) is 14.9 Å². The van der Waals surface area contributed by atoms with E-state index in [0.29, 0.717) is 21.5 Å². The van der Waals surface area contributed by atoms with E-state index < -0.39 is 30.1 Å². The van der Waals surface area contributed by atoms with Crippen LogP contribution in [0.4, 0.5) is 8.78 Å². The largest absolute Gasteiger partial charge is 0.381 e. The van der Waals surface area contributed by atoms with Crippen molar-refractivity contribution in [3.05, 3.63) is 63.2 Å². The van der Waals surface area contributed by atoms with Crippen molar-refractivity contribution in [2.24, 2.45) is 5.92 Å². The Labute approximate surface area is 216 Å². The van der Waals surface area contributed by atoms with Crippen LogP contribution >= 0.6 is 11.8 Å².